The van der Waals surface area contributed by atoms with Gasteiger partial charge in [0.25, 0.3) is 0 Å². The highest BCUT2D eigenvalue weighted by molar-refractivity contribution is 4.95. The molecule has 0 aromatic rings. The van der Waals surface area contributed by atoms with Crippen LogP contribution in [0.4, 0.5) is 0 Å². The topological polar surface area (TPSA) is 71.5 Å². The van der Waals surface area contributed by atoms with Gasteiger partial charge in [0, 0.05) is 0 Å². The van der Waals surface area contributed by atoms with Crippen LogP contribution in [0, 0.1) is 0 Å². The van der Waals surface area contributed by atoms with Gasteiger partial charge in [-0.3, -0.25) is 0 Å². The van der Waals surface area contributed by atoms with Crippen molar-refractivity contribution in [2.45, 2.75) is 30.9 Å². The molecule has 0 aromatic carbocycles. The summed E-state index contributed by atoms with van der Waals surface area (Å²) in [7, 11) is 0. The summed E-state index contributed by atoms with van der Waals surface area (Å²) < 4.78 is 15.2. The minimum atomic E-state index is -1.05. The van der Waals surface area contributed by atoms with Crippen LogP contribution in [0.2, 0.25) is 0 Å². The van der Waals surface area contributed by atoms with Crippen molar-refractivity contribution in [1.29, 1.82) is 0 Å². The van der Waals surface area contributed by atoms with Crippen molar-refractivity contribution in [3.63, 3.8) is 0 Å². The summed E-state index contributed by atoms with van der Waals surface area (Å²) in [6, 6.07) is 0. The zero-order chi connectivity index (χ0) is 9.42. The van der Waals surface area contributed by atoms with E-state index >= 15 is 0 Å². The summed E-state index contributed by atoms with van der Waals surface area (Å²) in [6.45, 7) is 3.73. The lowest BCUT2D eigenvalue weighted by Crippen LogP contribution is -2.48. The van der Waals surface area contributed by atoms with Crippen LogP contribution < -0.4 is 0 Å². The Morgan fingerprint density at radius 1 is 1.31 bits per heavy atom. The first-order valence-electron chi connectivity index (χ1n) is 4.13. The van der Waals surface area contributed by atoms with Crippen molar-refractivity contribution < 1.29 is 24.4 Å². The first kappa shape index (κ1) is 9.11. The molecule has 5 nitrogen and oxygen atoms in total. The van der Waals surface area contributed by atoms with Crippen molar-refractivity contribution in [2.24, 2.45) is 0 Å². The molecule has 5 unspecified atom stereocenters. The minimum Gasteiger partial charge on any atom is -0.387 e. The maximum absolute atomic E-state index is 9.45. The number of hydrogen-bond donors (Lipinski definition) is 2. The highest BCUT2D eigenvalue weighted by Crippen LogP contribution is 2.35. The van der Waals surface area contributed by atoms with Crippen molar-refractivity contribution in [1.82, 2.24) is 0 Å². The molecule has 2 saturated heterocycles. The number of rotatable bonds is 3. The van der Waals surface area contributed by atoms with E-state index in [0.29, 0.717) is 0 Å². The molecule has 2 fully saturated rings. The molecule has 0 spiro atoms. The zero-order valence-corrected chi connectivity index (χ0v) is 7.00. The maximum Gasteiger partial charge on any atom is 0.190 e. The first-order chi connectivity index (χ1) is 6.24. The van der Waals surface area contributed by atoms with Gasteiger partial charge >= 0.3 is 0 Å². The molecule has 2 heterocycles. The van der Waals surface area contributed by atoms with Gasteiger partial charge in [0.2, 0.25) is 0 Å². The van der Waals surface area contributed by atoms with Crippen LogP contribution in [0.15, 0.2) is 12.7 Å². The fourth-order valence-corrected chi connectivity index (χ4v) is 1.33. The predicted octanol–water partition coefficient (Wildman–Crippen LogP) is -1.01. The SMILES string of the molecule is C=CCOC1OC2OC2C(O)C1O. The summed E-state index contributed by atoms with van der Waals surface area (Å²) in [5.41, 5.74) is 0. The molecular weight excluding hydrogens is 176 g/mol. The maximum atomic E-state index is 9.45. The highest BCUT2D eigenvalue weighted by atomic mass is 16.8. The zero-order valence-electron chi connectivity index (χ0n) is 7.00. The van der Waals surface area contributed by atoms with Gasteiger partial charge in [0.15, 0.2) is 12.6 Å². The monoisotopic (exact) mass is 188 g/mol. The van der Waals surface area contributed by atoms with Crippen molar-refractivity contribution in [3.05, 3.63) is 12.7 Å². The van der Waals surface area contributed by atoms with Crippen LogP contribution in [-0.4, -0.2) is 47.7 Å². The second-order valence-corrected chi connectivity index (χ2v) is 3.08. The van der Waals surface area contributed by atoms with E-state index in [1.807, 2.05) is 0 Å². The van der Waals surface area contributed by atoms with E-state index < -0.39 is 30.9 Å². The van der Waals surface area contributed by atoms with E-state index in [4.69, 9.17) is 14.2 Å². The Labute approximate surface area is 75.5 Å². The van der Waals surface area contributed by atoms with E-state index in [2.05, 4.69) is 6.58 Å². The Kier molecular flexibility index (Phi) is 2.35. The number of hydrogen-bond acceptors (Lipinski definition) is 5. The molecule has 2 aliphatic rings. The number of aliphatic hydroxyl groups is 2. The third kappa shape index (κ3) is 1.61. The highest BCUT2D eigenvalue weighted by Gasteiger charge is 2.56. The van der Waals surface area contributed by atoms with Gasteiger partial charge in [-0.1, -0.05) is 6.08 Å². The molecule has 2 aliphatic heterocycles. The Bertz CT molecular complexity index is 207. The van der Waals surface area contributed by atoms with Gasteiger partial charge in [-0.2, -0.15) is 0 Å². The average molecular weight is 188 g/mol. The van der Waals surface area contributed by atoms with Gasteiger partial charge in [0.05, 0.1) is 6.61 Å². The van der Waals surface area contributed by atoms with Gasteiger partial charge in [-0.05, 0) is 0 Å². The van der Waals surface area contributed by atoms with Crippen molar-refractivity contribution in [3.8, 4) is 0 Å². The Balaban J connectivity index is 1.91. The normalized spacial score (nSPS) is 48.3. The standard InChI is InChI=1S/C8H12O5/c1-2-3-11-7-5(10)4(9)6-8(12-6)13-7/h2,4-10H,1,3H2. The molecule has 5 heteroatoms. The first-order valence-corrected chi connectivity index (χ1v) is 4.13. The average Bonchev–Trinajstić information content (AvgIpc) is 2.88. The lowest BCUT2D eigenvalue weighted by atomic mass is 10.1. The van der Waals surface area contributed by atoms with Gasteiger partial charge in [0.1, 0.15) is 18.3 Å². The molecule has 5 atom stereocenters. The second-order valence-electron chi connectivity index (χ2n) is 3.08. The Hall–Kier alpha value is -0.460. The van der Waals surface area contributed by atoms with Crippen molar-refractivity contribution >= 4 is 0 Å². The summed E-state index contributed by atoms with van der Waals surface area (Å²) >= 11 is 0. The fourth-order valence-electron chi connectivity index (χ4n) is 1.33. The lowest BCUT2D eigenvalue weighted by Gasteiger charge is -2.28. The summed E-state index contributed by atoms with van der Waals surface area (Å²) in [5.74, 6) is 0. The number of epoxide rings is 1. The summed E-state index contributed by atoms with van der Waals surface area (Å²) in [5, 5.41) is 18.8. The van der Waals surface area contributed by atoms with Gasteiger partial charge in [-0.15, -0.1) is 6.58 Å². The van der Waals surface area contributed by atoms with Crippen molar-refractivity contribution in [2.75, 3.05) is 6.61 Å². The van der Waals surface area contributed by atoms with E-state index in [1.165, 1.54) is 0 Å². The molecule has 13 heavy (non-hydrogen) atoms. The largest absolute Gasteiger partial charge is 0.387 e. The van der Waals surface area contributed by atoms with E-state index in [9.17, 15) is 10.2 Å². The quantitative estimate of drug-likeness (QED) is 0.438. The summed E-state index contributed by atoms with van der Waals surface area (Å²) in [4.78, 5) is 0. The molecule has 2 N–H and O–H groups in total. The van der Waals surface area contributed by atoms with Crippen LogP contribution in [0.1, 0.15) is 0 Å². The number of ether oxygens (including phenoxy) is 3. The van der Waals surface area contributed by atoms with Crippen LogP contribution in [0.25, 0.3) is 0 Å². The molecule has 0 aromatic heterocycles. The lowest BCUT2D eigenvalue weighted by molar-refractivity contribution is -0.239. The number of aliphatic hydroxyl groups excluding tert-OH is 2. The van der Waals surface area contributed by atoms with Gasteiger partial charge in [-0.25, -0.2) is 0 Å². The third-order valence-corrected chi connectivity index (χ3v) is 2.09. The minimum absolute atomic E-state index is 0.270. The van der Waals surface area contributed by atoms with E-state index in [-0.39, 0.29) is 6.61 Å². The molecular formula is C8H12O5. The number of fused-ring (bicyclic) bond motifs is 1. The molecule has 74 valence electrons. The molecule has 0 aliphatic carbocycles. The second kappa shape index (κ2) is 3.36. The van der Waals surface area contributed by atoms with Crippen LogP contribution in [0.5, 0.6) is 0 Å². The molecule has 0 radical (unpaired) electrons. The molecule has 0 bridgehead atoms. The molecule has 0 amide bonds. The van der Waals surface area contributed by atoms with Gasteiger partial charge < -0.3 is 24.4 Å². The Morgan fingerprint density at radius 3 is 2.77 bits per heavy atom. The molecule has 0 saturated carbocycles. The Morgan fingerprint density at radius 2 is 2.08 bits per heavy atom. The van der Waals surface area contributed by atoms with Crippen LogP contribution in [0.3, 0.4) is 0 Å². The summed E-state index contributed by atoms with van der Waals surface area (Å²) in [6.07, 6.45) is -2.07. The van der Waals surface area contributed by atoms with Crippen LogP contribution >= 0.6 is 0 Å². The predicted molar refractivity (Wildman–Crippen MR) is 41.7 cm³/mol. The van der Waals surface area contributed by atoms with Crippen LogP contribution in [-0.2, 0) is 14.2 Å². The smallest absolute Gasteiger partial charge is 0.190 e. The van der Waals surface area contributed by atoms with E-state index in [1.54, 1.807) is 6.08 Å². The third-order valence-electron chi connectivity index (χ3n) is 2.09. The fraction of sp³-hybridized carbons (Fsp3) is 0.750. The molecule has 2 rings (SSSR count). The van der Waals surface area contributed by atoms with E-state index in [0.717, 1.165) is 0 Å².